The normalized spacial score (nSPS) is 27.7. The van der Waals surface area contributed by atoms with E-state index in [4.69, 9.17) is 0 Å². The molecule has 1 saturated heterocycles. The molecule has 0 aromatic heterocycles. The standard InChI is InChI=1S/C13H23N2O2.Y/c1-10-8-6-4-3-5-7-9-14-13(17)11(2)15-12(10)16;/h10-11H,1,3-9H2,2H3,(H,14,17)(H,15,16);/q-1;. The van der Waals surface area contributed by atoms with Crippen molar-refractivity contribution in [3.63, 3.8) is 0 Å². The summed E-state index contributed by atoms with van der Waals surface area (Å²) < 4.78 is 0. The van der Waals surface area contributed by atoms with E-state index in [2.05, 4.69) is 17.6 Å². The van der Waals surface area contributed by atoms with Crippen LogP contribution in [0.1, 0.15) is 45.4 Å². The molecule has 1 aliphatic heterocycles. The molecular formula is C13H23N2O2Y-. The molecule has 0 aromatic rings. The molecule has 0 spiro atoms. The number of nitrogens with one attached hydrogen (secondary N) is 2. The number of hydrogen-bond donors (Lipinski definition) is 2. The average Bonchev–Trinajstić information content (AvgIpc) is 2.31. The summed E-state index contributed by atoms with van der Waals surface area (Å²) in [6.07, 6.45) is 6.30. The quantitative estimate of drug-likeness (QED) is 0.661. The molecule has 1 heterocycles. The van der Waals surface area contributed by atoms with Crippen molar-refractivity contribution in [2.45, 2.75) is 51.5 Å². The minimum Gasteiger partial charge on any atom is -0.354 e. The fourth-order valence-corrected chi connectivity index (χ4v) is 1.94. The van der Waals surface area contributed by atoms with E-state index in [1.54, 1.807) is 6.92 Å². The maximum Gasteiger partial charge on any atom is 0.242 e. The van der Waals surface area contributed by atoms with Gasteiger partial charge in [-0.15, -0.1) is 0 Å². The molecule has 0 aliphatic carbocycles. The van der Waals surface area contributed by atoms with Crippen molar-refractivity contribution in [3.05, 3.63) is 6.92 Å². The van der Waals surface area contributed by atoms with Crippen molar-refractivity contribution in [2.75, 3.05) is 6.54 Å². The van der Waals surface area contributed by atoms with Crippen LogP contribution in [-0.4, -0.2) is 24.4 Å². The van der Waals surface area contributed by atoms with Gasteiger partial charge < -0.3 is 17.6 Å². The van der Waals surface area contributed by atoms with Gasteiger partial charge >= 0.3 is 0 Å². The Hall–Kier alpha value is 0.0439. The van der Waals surface area contributed by atoms with Crippen molar-refractivity contribution in [1.29, 1.82) is 0 Å². The summed E-state index contributed by atoms with van der Waals surface area (Å²) >= 11 is 0. The van der Waals surface area contributed by atoms with E-state index in [-0.39, 0.29) is 50.4 Å². The molecule has 2 N–H and O–H groups in total. The zero-order valence-corrected chi connectivity index (χ0v) is 14.0. The number of carbonyl (C=O) groups is 2. The van der Waals surface area contributed by atoms with Gasteiger partial charge in [0.2, 0.25) is 5.91 Å². The van der Waals surface area contributed by atoms with E-state index in [1.807, 2.05) is 0 Å². The first-order valence-corrected chi connectivity index (χ1v) is 6.52. The average molecular weight is 328 g/mol. The zero-order valence-electron chi connectivity index (χ0n) is 11.2. The predicted octanol–water partition coefficient (Wildman–Crippen LogP) is 1.41. The van der Waals surface area contributed by atoms with Crippen molar-refractivity contribution in [2.24, 2.45) is 5.92 Å². The third-order valence-electron chi connectivity index (χ3n) is 3.15. The smallest absolute Gasteiger partial charge is 0.242 e. The summed E-state index contributed by atoms with van der Waals surface area (Å²) in [6, 6.07) is -0.465. The topological polar surface area (TPSA) is 58.2 Å². The summed E-state index contributed by atoms with van der Waals surface area (Å²) in [5, 5.41) is 5.54. The number of carbonyl (C=O) groups excluding carboxylic acids is 2. The minimum absolute atomic E-state index is 0. The molecule has 1 radical (unpaired) electrons. The second kappa shape index (κ2) is 9.91. The second-order valence-corrected chi connectivity index (χ2v) is 4.77. The predicted molar refractivity (Wildman–Crippen MR) is 67.2 cm³/mol. The van der Waals surface area contributed by atoms with E-state index in [9.17, 15) is 9.59 Å². The van der Waals surface area contributed by atoms with E-state index < -0.39 is 6.04 Å². The van der Waals surface area contributed by atoms with E-state index in [0.717, 1.165) is 32.1 Å². The third-order valence-corrected chi connectivity index (χ3v) is 3.15. The van der Waals surface area contributed by atoms with Crippen LogP contribution in [0.25, 0.3) is 0 Å². The van der Waals surface area contributed by atoms with Gasteiger partial charge in [-0.3, -0.25) is 9.59 Å². The van der Waals surface area contributed by atoms with Crippen LogP contribution in [0.15, 0.2) is 0 Å². The Morgan fingerprint density at radius 3 is 2.39 bits per heavy atom. The maximum absolute atomic E-state index is 11.7. The molecule has 5 heteroatoms. The molecule has 0 aromatic carbocycles. The van der Waals surface area contributed by atoms with Crippen molar-refractivity contribution in [3.8, 4) is 0 Å². The van der Waals surface area contributed by atoms with Gasteiger partial charge in [-0.2, -0.15) is 0 Å². The largest absolute Gasteiger partial charge is 0.354 e. The molecule has 0 saturated carbocycles. The van der Waals surface area contributed by atoms with Gasteiger partial charge in [0.25, 0.3) is 0 Å². The van der Waals surface area contributed by atoms with Crippen LogP contribution in [-0.2, 0) is 42.3 Å². The van der Waals surface area contributed by atoms with E-state index >= 15 is 0 Å². The van der Waals surface area contributed by atoms with Crippen molar-refractivity contribution in [1.82, 2.24) is 10.6 Å². The van der Waals surface area contributed by atoms with Gasteiger partial charge in [0.15, 0.2) is 5.91 Å². The van der Waals surface area contributed by atoms with Gasteiger partial charge in [-0.05, 0) is 13.3 Å². The Morgan fingerprint density at radius 2 is 1.67 bits per heavy atom. The summed E-state index contributed by atoms with van der Waals surface area (Å²) in [4.78, 5) is 23.3. The van der Waals surface area contributed by atoms with Crippen LogP contribution < -0.4 is 10.6 Å². The Bertz CT molecular complexity index is 272. The Kier molecular flexibility index (Phi) is 9.93. The fraction of sp³-hybridized carbons (Fsp3) is 0.769. The van der Waals surface area contributed by atoms with E-state index in [0.29, 0.717) is 6.54 Å². The summed E-state index contributed by atoms with van der Waals surface area (Å²) in [7, 11) is 0. The van der Waals surface area contributed by atoms with Gasteiger partial charge in [-0.25, -0.2) is 0 Å². The molecule has 1 aliphatic rings. The first-order chi connectivity index (χ1) is 8.11. The summed E-state index contributed by atoms with van der Waals surface area (Å²) in [5.74, 6) is -0.470. The van der Waals surface area contributed by atoms with Crippen LogP contribution in [0.4, 0.5) is 0 Å². The number of amides is 2. The molecule has 4 nitrogen and oxygen atoms in total. The van der Waals surface area contributed by atoms with Gasteiger partial charge in [-0.1, -0.05) is 38.0 Å². The first-order valence-electron chi connectivity index (χ1n) is 6.52. The van der Waals surface area contributed by atoms with Crippen LogP contribution in [0, 0.1) is 12.8 Å². The van der Waals surface area contributed by atoms with Crippen LogP contribution in [0.2, 0.25) is 0 Å². The SMILES string of the molecule is [CH2-]C1CCCCCCCNC(=O)C(C)NC1=O.[Y]. The van der Waals surface area contributed by atoms with Crippen molar-refractivity contribution < 1.29 is 42.3 Å². The number of rotatable bonds is 0. The van der Waals surface area contributed by atoms with Gasteiger partial charge in [0.05, 0.1) is 0 Å². The van der Waals surface area contributed by atoms with Crippen LogP contribution in [0.3, 0.4) is 0 Å². The zero-order chi connectivity index (χ0) is 12.7. The van der Waals surface area contributed by atoms with Gasteiger partial charge in [0, 0.05) is 39.3 Å². The minimum atomic E-state index is -0.465. The molecule has 18 heavy (non-hydrogen) atoms. The van der Waals surface area contributed by atoms with Crippen molar-refractivity contribution >= 4 is 11.8 Å². The maximum atomic E-state index is 11.7. The molecular weight excluding hydrogens is 305 g/mol. The van der Waals surface area contributed by atoms with Gasteiger partial charge in [0.1, 0.15) is 6.04 Å². The fourth-order valence-electron chi connectivity index (χ4n) is 1.94. The molecule has 2 amide bonds. The molecule has 0 bridgehead atoms. The number of hydrogen-bond acceptors (Lipinski definition) is 2. The summed E-state index contributed by atoms with van der Waals surface area (Å²) in [5.41, 5.74) is 0. The van der Waals surface area contributed by atoms with Crippen LogP contribution >= 0.6 is 0 Å². The summed E-state index contributed by atoms with van der Waals surface area (Å²) in [6.45, 7) is 6.25. The Balaban J connectivity index is 0.00000289. The molecule has 1 rings (SSSR count). The molecule has 1 fully saturated rings. The molecule has 2 atom stereocenters. The first kappa shape index (κ1) is 18.0. The molecule has 2 unspecified atom stereocenters. The van der Waals surface area contributed by atoms with E-state index in [1.165, 1.54) is 6.42 Å². The Morgan fingerprint density at radius 1 is 1.06 bits per heavy atom. The molecule has 101 valence electrons. The monoisotopic (exact) mass is 328 g/mol. The Labute approximate surface area is 135 Å². The second-order valence-electron chi connectivity index (χ2n) is 4.77. The van der Waals surface area contributed by atoms with Crippen LogP contribution in [0.5, 0.6) is 0 Å². The third kappa shape index (κ3) is 6.84.